The summed E-state index contributed by atoms with van der Waals surface area (Å²) in [6.07, 6.45) is 6.15. The highest BCUT2D eigenvalue weighted by atomic mass is 32.1. The second-order valence-electron chi connectivity index (χ2n) is 4.43. The molecule has 0 aliphatic carbocycles. The lowest BCUT2D eigenvalue weighted by Crippen LogP contribution is -2.52. The summed E-state index contributed by atoms with van der Waals surface area (Å²) in [7, 11) is 1.78. The summed E-state index contributed by atoms with van der Waals surface area (Å²) in [5.74, 6) is 4.37. The molecule has 1 N–H and O–H groups in total. The van der Waals surface area contributed by atoms with Gasteiger partial charge in [-0.15, -0.1) is 6.42 Å². The lowest BCUT2D eigenvalue weighted by molar-refractivity contribution is 0.374. The van der Waals surface area contributed by atoms with Gasteiger partial charge in [0.15, 0.2) is 5.96 Å². The topological polar surface area (TPSA) is 56.7 Å². The average Bonchev–Trinajstić information content (AvgIpc) is 2.97. The summed E-state index contributed by atoms with van der Waals surface area (Å²) in [6, 6.07) is 0. The Kier molecular flexibility index (Phi) is 5.18. The van der Waals surface area contributed by atoms with Crippen molar-refractivity contribution in [3.05, 3.63) is 5.82 Å². The smallest absolute Gasteiger partial charge is 0.205 e. The van der Waals surface area contributed by atoms with Gasteiger partial charge in [0, 0.05) is 51.2 Å². The van der Waals surface area contributed by atoms with Crippen LogP contribution >= 0.6 is 11.5 Å². The summed E-state index contributed by atoms with van der Waals surface area (Å²) >= 11 is 1.48. The van der Waals surface area contributed by atoms with Crippen molar-refractivity contribution in [2.45, 2.75) is 13.3 Å². The number of aliphatic imine (C=N–C) groups is 1. The number of hydrogen-bond donors (Lipinski definition) is 1. The zero-order valence-corrected chi connectivity index (χ0v) is 12.8. The lowest BCUT2D eigenvalue weighted by Gasteiger charge is -2.36. The summed E-state index contributed by atoms with van der Waals surface area (Å²) in [6.45, 7) is 6.24. The van der Waals surface area contributed by atoms with E-state index in [0.29, 0.717) is 6.54 Å². The van der Waals surface area contributed by atoms with Crippen LogP contribution in [0.4, 0.5) is 5.13 Å². The first kappa shape index (κ1) is 14.6. The number of nitrogens with one attached hydrogen (secondary N) is 1. The van der Waals surface area contributed by atoms with Gasteiger partial charge in [0.25, 0.3) is 0 Å². The van der Waals surface area contributed by atoms with E-state index in [2.05, 4.69) is 42.3 Å². The number of anilines is 1. The molecule has 1 aromatic heterocycles. The van der Waals surface area contributed by atoms with E-state index >= 15 is 0 Å². The minimum absolute atomic E-state index is 0.503. The van der Waals surface area contributed by atoms with Crippen LogP contribution in [0, 0.1) is 12.3 Å². The molecule has 2 rings (SSSR count). The van der Waals surface area contributed by atoms with Gasteiger partial charge in [-0.3, -0.25) is 4.99 Å². The number of aromatic nitrogens is 2. The predicted octanol–water partition coefficient (Wildman–Crippen LogP) is 0.431. The Morgan fingerprint density at radius 3 is 2.75 bits per heavy atom. The van der Waals surface area contributed by atoms with E-state index in [-0.39, 0.29) is 0 Å². The van der Waals surface area contributed by atoms with Crippen molar-refractivity contribution in [1.82, 2.24) is 19.6 Å². The van der Waals surface area contributed by atoms with Crippen molar-refractivity contribution in [2.75, 3.05) is 44.7 Å². The Morgan fingerprint density at radius 2 is 2.20 bits per heavy atom. The van der Waals surface area contributed by atoms with Gasteiger partial charge in [0.05, 0.1) is 6.54 Å². The molecule has 2 heterocycles. The Labute approximate surface area is 124 Å². The normalized spacial score (nSPS) is 16.1. The van der Waals surface area contributed by atoms with Crippen molar-refractivity contribution >= 4 is 22.6 Å². The minimum Gasteiger partial charge on any atom is -0.345 e. The van der Waals surface area contributed by atoms with Gasteiger partial charge in [-0.25, -0.2) is 4.98 Å². The fourth-order valence-corrected chi connectivity index (χ4v) is 2.89. The van der Waals surface area contributed by atoms with E-state index in [1.165, 1.54) is 11.5 Å². The molecule has 6 nitrogen and oxygen atoms in total. The highest BCUT2D eigenvalue weighted by molar-refractivity contribution is 7.09. The van der Waals surface area contributed by atoms with Gasteiger partial charge in [-0.1, -0.05) is 12.8 Å². The molecule has 1 aliphatic heterocycles. The summed E-state index contributed by atoms with van der Waals surface area (Å²) < 4.78 is 4.34. The van der Waals surface area contributed by atoms with Crippen LogP contribution in [-0.4, -0.2) is 60.0 Å². The monoisotopic (exact) mass is 292 g/mol. The maximum atomic E-state index is 5.27. The molecule has 0 amide bonds. The van der Waals surface area contributed by atoms with Crippen molar-refractivity contribution < 1.29 is 0 Å². The zero-order chi connectivity index (χ0) is 14.4. The molecular weight excluding hydrogens is 272 g/mol. The van der Waals surface area contributed by atoms with Gasteiger partial charge in [0.2, 0.25) is 5.13 Å². The lowest BCUT2D eigenvalue weighted by atomic mass is 10.3. The fourth-order valence-electron chi connectivity index (χ4n) is 2.09. The van der Waals surface area contributed by atoms with Crippen molar-refractivity contribution in [1.29, 1.82) is 0 Å². The maximum absolute atomic E-state index is 5.27. The van der Waals surface area contributed by atoms with E-state index in [4.69, 9.17) is 6.42 Å². The average molecular weight is 292 g/mol. The number of piperazine rings is 1. The third-order valence-corrected chi connectivity index (χ3v) is 4.00. The molecule has 0 radical (unpaired) electrons. The number of terminal acetylenes is 1. The maximum Gasteiger partial charge on any atom is 0.205 e. The van der Waals surface area contributed by atoms with Crippen molar-refractivity contribution in [2.24, 2.45) is 4.99 Å². The van der Waals surface area contributed by atoms with Crippen LogP contribution in [-0.2, 0) is 6.42 Å². The summed E-state index contributed by atoms with van der Waals surface area (Å²) in [5, 5.41) is 4.17. The largest absolute Gasteiger partial charge is 0.345 e. The Morgan fingerprint density at radius 1 is 1.45 bits per heavy atom. The first-order chi connectivity index (χ1) is 9.78. The number of hydrogen-bond acceptors (Lipinski definition) is 5. The van der Waals surface area contributed by atoms with E-state index in [0.717, 1.165) is 49.5 Å². The van der Waals surface area contributed by atoms with Gasteiger partial charge in [0.1, 0.15) is 5.82 Å². The van der Waals surface area contributed by atoms with E-state index in [1.807, 2.05) is 0 Å². The highest BCUT2D eigenvalue weighted by Gasteiger charge is 2.21. The molecule has 1 aliphatic rings. The summed E-state index contributed by atoms with van der Waals surface area (Å²) in [4.78, 5) is 13.3. The van der Waals surface area contributed by atoms with Crippen LogP contribution < -0.4 is 10.2 Å². The molecule has 7 heteroatoms. The van der Waals surface area contributed by atoms with Crippen molar-refractivity contribution in [3.63, 3.8) is 0 Å². The van der Waals surface area contributed by atoms with Gasteiger partial charge >= 0.3 is 0 Å². The molecule has 0 saturated carbocycles. The predicted molar refractivity (Wildman–Crippen MR) is 83.3 cm³/mol. The SMILES string of the molecule is C#CCNC(=NC)N1CCN(c2nc(CC)ns2)CC1. The molecule has 1 saturated heterocycles. The van der Waals surface area contributed by atoms with Crippen LogP contribution in [0.1, 0.15) is 12.7 Å². The molecule has 0 bridgehead atoms. The first-order valence-corrected chi connectivity index (χ1v) is 7.52. The molecule has 0 unspecified atom stereocenters. The molecule has 108 valence electrons. The van der Waals surface area contributed by atoms with Crippen molar-refractivity contribution in [3.8, 4) is 12.3 Å². The van der Waals surface area contributed by atoms with Gasteiger partial charge in [-0.05, 0) is 0 Å². The number of nitrogens with zero attached hydrogens (tertiary/aromatic N) is 5. The van der Waals surface area contributed by atoms with Gasteiger partial charge in [-0.2, -0.15) is 4.37 Å². The molecule has 0 atom stereocenters. The van der Waals surface area contributed by atoms with Crippen LogP contribution in [0.5, 0.6) is 0 Å². The Bertz CT molecular complexity index is 495. The first-order valence-electron chi connectivity index (χ1n) is 6.75. The number of guanidine groups is 1. The molecule has 1 aromatic rings. The summed E-state index contributed by atoms with van der Waals surface area (Å²) in [5.41, 5.74) is 0. The van der Waals surface area contributed by atoms with Crippen LogP contribution in [0.3, 0.4) is 0 Å². The van der Waals surface area contributed by atoms with E-state index in [9.17, 15) is 0 Å². The van der Waals surface area contributed by atoms with Crippen LogP contribution in [0.25, 0.3) is 0 Å². The minimum atomic E-state index is 0.503. The standard InChI is InChI=1S/C13H20N6S/c1-4-6-15-12(14-3)18-7-9-19(10-8-18)13-16-11(5-2)17-20-13/h1H,5-10H2,2-3H3,(H,14,15). The Hall–Kier alpha value is -1.81. The molecule has 1 fully saturated rings. The number of aryl methyl sites for hydroxylation is 1. The Balaban J connectivity index is 1.90. The third kappa shape index (κ3) is 3.39. The third-order valence-electron chi connectivity index (χ3n) is 3.18. The quantitative estimate of drug-likeness (QED) is 0.497. The zero-order valence-electron chi connectivity index (χ0n) is 12.0. The molecular formula is C13H20N6S. The second kappa shape index (κ2) is 7.10. The number of rotatable bonds is 3. The van der Waals surface area contributed by atoms with E-state index in [1.54, 1.807) is 7.05 Å². The molecule has 20 heavy (non-hydrogen) atoms. The highest BCUT2D eigenvalue weighted by Crippen LogP contribution is 2.19. The molecule has 0 spiro atoms. The second-order valence-corrected chi connectivity index (χ2v) is 5.16. The van der Waals surface area contributed by atoms with Crippen LogP contribution in [0.2, 0.25) is 0 Å². The van der Waals surface area contributed by atoms with Gasteiger partial charge < -0.3 is 15.1 Å². The van der Waals surface area contributed by atoms with E-state index < -0.39 is 0 Å². The molecule has 0 aromatic carbocycles. The fraction of sp³-hybridized carbons (Fsp3) is 0.615. The van der Waals surface area contributed by atoms with Crippen LogP contribution in [0.15, 0.2) is 4.99 Å².